The molecular weight excluding hydrogens is 152 g/mol. The summed E-state index contributed by atoms with van der Waals surface area (Å²) in [5.41, 5.74) is 5.34. The van der Waals surface area contributed by atoms with E-state index in [1.54, 1.807) is 0 Å². The Morgan fingerprint density at radius 2 is 1.92 bits per heavy atom. The molecule has 3 nitrogen and oxygen atoms in total. The zero-order valence-corrected chi connectivity index (χ0v) is 7.59. The molecule has 0 radical (unpaired) electrons. The highest BCUT2D eigenvalue weighted by Crippen LogP contribution is 2.10. The molecule has 1 heterocycles. The first-order valence-corrected chi connectivity index (χ1v) is 4.82. The van der Waals surface area contributed by atoms with Crippen molar-refractivity contribution in [2.24, 2.45) is 5.73 Å². The molecule has 1 saturated heterocycles. The maximum Gasteiger partial charge on any atom is 0.222 e. The lowest BCUT2D eigenvalue weighted by atomic mass is 10.2. The van der Waals surface area contributed by atoms with Gasteiger partial charge in [0.2, 0.25) is 5.91 Å². The van der Waals surface area contributed by atoms with Crippen molar-refractivity contribution < 1.29 is 4.79 Å². The maximum atomic E-state index is 11.4. The van der Waals surface area contributed by atoms with Gasteiger partial charge in [0, 0.05) is 19.5 Å². The molecule has 1 aliphatic heterocycles. The number of unbranched alkanes of at least 4 members (excludes halogenated alkanes) is 1. The van der Waals surface area contributed by atoms with E-state index in [0.29, 0.717) is 18.9 Å². The van der Waals surface area contributed by atoms with E-state index in [4.69, 9.17) is 5.73 Å². The van der Waals surface area contributed by atoms with Crippen molar-refractivity contribution in [3.8, 4) is 0 Å². The molecule has 0 atom stereocenters. The second-order valence-electron chi connectivity index (χ2n) is 3.33. The van der Waals surface area contributed by atoms with E-state index >= 15 is 0 Å². The molecule has 0 spiro atoms. The van der Waals surface area contributed by atoms with E-state index in [0.717, 1.165) is 25.9 Å². The Balaban J connectivity index is 2.10. The van der Waals surface area contributed by atoms with Gasteiger partial charge in [-0.15, -0.1) is 0 Å². The van der Waals surface area contributed by atoms with Gasteiger partial charge in [-0.25, -0.2) is 0 Å². The molecule has 1 aliphatic rings. The van der Waals surface area contributed by atoms with Crippen LogP contribution in [0.4, 0.5) is 0 Å². The summed E-state index contributed by atoms with van der Waals surface area (Å²) in [6, 6.07) is 0. The Hall–Kier alpha value is -0.570. The Bertz CT molecular complexity index is 141. The van der Waals surface area contributed by atoms with Gasteiger partial charge >= 0.3 is 0 Å². The van der Waals surface area contributed by atoms with E-state index in [-0.39, 0.29) is 0 Å². The van der Waals surface area contributed by atoms with Crippen molar-refractivity contribution in [1.29, 1.82) is 0 Å². The molecule has 1 rings (SSSR count). The summed E-state index contributed by atoms with van der Waals surface area (Å²) in [7, 11) is 0. The van der Waals surface area contributed by atoms with Crippen molar-refractivity contribution in [3.63, 3.8) is 0 Å². The molecule has 70 valence electrons. The summed E-state index contributed by atoms with van der Waals surface area (Å²) in [6.07, 6.45) is 4.98. The predicted octanol–water partition coefficient (Wildman–Crippen LogP) is 0.738. The molecule has 2 N–H and O–H groups in total. The third-order valence-electron chi connectivity index (χ3n) is 2.30. The summed E-state index contributed by atoms with van der Waals surface area (Å²) in [6.45, 7) is 2.65. The van der Waals surface area contributed by atoms with Gasteiger partial charge in [-0.05, 0) is 32.2 Å². The smallest absolute Gasteiger partial charge is 0.222 e. The molecule has 12 heavy (non-hydrogen) atoms. The van der Waals surface area contributed by atoms with Crippen LogP contribution in [0, 0.1) is 0 Å². The van der Waals surface area contributed by atoms with Gasteiger partial charge in [0.05, 0.1) is 0 Å². The topological polar surface area (TPSA) is 46.3 Å². The zero-order valence-electron chi connectivity index (χ0n) is 7.59. The van der Waals surface area contributed by atoms with E-state index in [9.17, 15) is 4.79 Å². The minimum Gasteiger partial charge on any atom is -0.343 e. The van der Waals surface area contributed by atoms with Crippen molar-refractivity contribution in [1.82, 2.24) is 4.90 Å². The Kier molecular flexibility index (Phi) is 4.08. The molecular formula is C9H18N2O. The van der Waals surface area contributed by atoms with Gasteiger partial charge in [0.1, 0.15) is 0 Å². The molecule has 0 unspecified atom stereocenters. The lowest BCUT2D eigenvalue weighted by molar-refractivity contribution is -0.130. The second kappa shape index (κ2) is 5.14. The third-order valence-corrected chi connectivity index (χ3v) is 2.30. The SMILES string of the molecule is NCCCCC(=O)N1CCCC1. The summed E-state index contributed by atoms with van der Waals surface area (Å²) in [5.74, 6) is 0.320. The maximum absolute atomic E-state index is 11.4. The van der Waals surface area contributed by atoms with Gasteiger partial charge in [-0.2, -0.15) is 0 Å². The number of nitrogens with two attached hydrogens (primary N) is 1. The minimum absolute atomic E-state index is 0.320. The first kappa shape index (κ1) is 9.52. The molecule has 1 amide bonds. The summed E-state index contributed by atoms with van der Waals surface area (Å²) in [4.78, 5) is 13.4. The monoisotopic (exact) mass is 170 g/mol. The highest BCUT2D eigenvalue weighted by Gasteiger charge is 2.16. The largest absolute Gasteiger partial charge is 0.343 e. The lowest BCUT2D eigenvalue weighted by Crippen LogP contribution is -2.27. The number of carbonyl (C=O) groups is 1. The average Bonchev–Trinajstić information content (AvgIpc) is 2.56. The highest BCUT2D eigenvalue weighted by molar-refractivity contribution is 5.76. The fourth-order valence-corrected chi connectivity index (χ4v) is 1.55. The summed E-state index contributed by atoms with van der Waals surface area (Å²) < 4.78 is 0. The highest BCUT2D eigenvalue weighted by atomic mass is 16.2. The van der Waals surface area contributed by atoms with E-state index in [1.165, 1.54) is 12.8 Å². The van der Waals surface area contributed by atoms with Crippen molar-refractivity contribution >= 4 is 5.91 Å². The quantitative estimate of drug-likeness (QED) is 0.632. The predicted molar refractivity (Wildman–Crippen MR) is 48.7 cm³/mol. The normalized spacial score (nSPS) is 16.9. The number of rotatable bonds is 4. The summed E-state index contributed by atoms with van der Waals surface area (Å²) >= 11 is 0. The molecule has 0 aromatic rings. The van der Waals surface area contributed by atoms with E-state index in [2.05, 4.69) is 0 Å². The average molecular weight is 170 g/mol. The molecule has 3 heteroatoms. The number of carbonyl (C=O) groups excluding carboxylic acids is 1. The van der Waals surface area contributed by atoms with Crippen LogP contribution in [-0.2, 0) is 4.79 Å². The number of nitrogens with zero attached hydrogens (tertiary/aromatic N) is 1. The van der Waals surface area contributed by atoms with Crippen LogP contribution < -0.4 is 5.73 Å². The zero-order chi connectivity index (χ0) is 8.81. The van der Waals surface area contributed by atoms with Crippen LogP contribution >= 0.6 is 0 Å². The fourth-order valence-electron chi connectivity index (χ4n) is 1.55. The van der Waals surface area contributed by atoms with Crippen molar-refractivity contribution in [3.05, 3.63) is 0 Å². The van der Waals surface area contributed by atoms with Crippen LogP contribution in [-0.4, -0.2) is 30.4 Å². The fraction of sp³-hybridized carbons (Fsp3) is 0.889. The first-order valence-electron chi connectivity index (χ1n) is 4.82. The van der Waals surface area contributed by atoms with Gasteiger partial charge in [-0.3, -0.25) is 4.79 Å². The van der Waals surface area contributed by atoms with Crippen LogP contribution in [0.15, 0.2) is 0 Å². The molecule has 0 aromatic carbocycles. The number of likely N-dealkylation sites (tertiary alicyclic amines) is 1. The standard InChI is InChI=1S/C9H18N2O/c10-6-2-1-5-9(12)11-7-3-4-8-11/h1-8,10H2. The second-order valence-corrected chi connectivity index (χ2v) is 3.33. The Labute approximate surface area is 73.9 Å². The molecule has 0 saturated carbocycles. The number of amides is 1. The molecule has 1 fully saturated rings. The van der Waals surface area contributed by atoms with Crippen LogP contribution in [0.2, 0.25) is 0 Å². The molecule has 0 bridgehead atoms. The van der Waals surface area contributed by atoms with Crippen LogP contribution in [0.5, 0.6) is 0 Å². The van der Waals surface area contributed by atoms with Crippen LogP contribution in [0.25, 0.3) is 0 Å². The van der Waals surface area contributed by atoms with Crippen LogP contribution in [0.3, 0.4) is 0 Å². The van der Waals surface area contributed by atoms with Gasteiger partial charge in [0.25, 0.3) is 0 Å². The third kappa shape index (κ3) is 2.81. The van der Waals surface area contributed by atoms with Crippen molar-refractivity contribution in [2.75, 3.05) is 19.6 Å². The van der Waals surface area contributed by atoms with Gasteiger partial charge in [-0.1, -0.05) is 0 Å². The van der Waals surface area contributed by atoms with Gasteiger partial charge < -0.3 is 10.6 Å². The first-order chi connectivity index (χ1) is 5.84. The van der Waals surface area contributed by atoms with Gasteiger partial charge in [0.15, 0.2) is 0 Å². The Morgan fingerprint density at radius 3 is 2.50 bits per heavy atom. The van der Waals surface area contributed by atoms with E-state index < -0.39 is 0 Å². The molecule has 0 aromatic heterocycles. The number of hydrogen-bond acceptors (Lipinski definition) is 2. The minimum atomic E-state index is 0.320. The number of hydrogen-bond donors (Lipinski definition) is 1. The van der Waals surface area contributed by atoms with Crippen LogP contribution in [0.1, 0.15) is 32.1 Å². The summed E-state index contributed by atoms with van der Waals surface area (Å²) in [5, 5.41) is 0. The lowest BCUT2D eigenvalue weighted by Gasteiger charge is -2.14. The van der Waals surface area contributed by atoms with E-state index in [1.807, 2.05) is 4.90 Å². The molecule has 0 aliphatic carbocycles. The van der Waals surface area contributed by atoms with Crippen molar-refractivity contribution in [2.45, 2.75) is 32.1 Å². The Morgan fingerprint density at radius 1 is 1.25 bits per heavy atom.